The van der Waals surface area contributed by atoms with Gasteiger partial charge < -0.3 is 10.0 Å². The molecule has 0 saturated heterocycles. The molecule has 1 aliphatic carbocycles. The van der Waals surface area contributed by atoms with Crippen LogP contribution in [-0.4, -0.2) is 23.1 Å². The van der Waals surface area contributed by atoms with Crippen LogP contribution < -0.4 is 0 Å². The summed E-state index contributed by atoms with van der Waals surface area (Å²) >= 11 is 5.94. The van der Waals surface area contributed by atoms with Crippen molar-refractivity contribution in [3.05, 3.63) is 40.4 Å². The molecule has 0 fully saturated rings. The zero-order valence-corrected chi connectivity index (χ0v) is 9.61. The van der Waals surface area contributed by atoms with Crippen molar-refractivity contribution in [2.75, 3.05) is 7.05 Å². The van der Waals surface area contributed by atoms with Gasteiger partial charge in [-0.15, -0.1) is 0 Å². The highest BCUT2D eigenvalue weighted by Crippen LogP contribution is 2.33. The number of amides is 1. The van der Waals surface area contributed by atoms with Gasteiger partial charge in [-0.2, -0.15) is 0 Å². The van der Waals surface area contributed by atoms with Crippen LogP contribution in [0.3, 0.4) is 0 Å². The summed E-state index contributed by atoms with van der Waals surface area (Å²) in [7, 11) is 1.58. The van der Waals surface area contributed by atoms with Crippen molar-refractivity contribution in [3.63, 3.8) is 0 Å². The first-order valence-electron chi connectivity index (χ1n) is 5.01. The Kier molecular flexibility index (Phi) is 2.88. The van der Waals surface area contributed by atoms with E-state index in [9.17, 15) is 4.79 Å². The topological polar surface area (TPSA) is 40.5 Å². The summed E-state index contributed by atoms with van der Waals surface area (Å²) < 4.78 is 0. The zero-order chi connectivity index (χ0) is 11.7. The molecule has 0 bridgehead atoms. The molecule has 1 aliphatic rings. The molecule has 1 N–H and O–H groups in total. The van der Waals surface area contributed by atoms with Crippen LogP contribution >= 0.6 is 11.6 Å². The van der Waals surface area contributed by atoms with E-state index in [1.165, 1.54) is 4.90 Å². The van der Waals surface area contributed by atoms with Crippen LogP contribution in [0.1, 0.15) is 23.6 Å². The highest BCUT2D eigenvalue weighted by molar-refractivity contribution is 6.30. The lowest BCUT2D eigenvalue weighted by Gasteiger charge is -2.29. The van der Waals surface area contributed by atoms with Crippen molar-refractivity contribution >= 4 is 23.8 Å². The molecular formula is C12H12ClNO2. The lowest BCUT2D eigenvalue weighted by Crippen LogP contribution is -2.30. The Balaban J connectivity index is 2.43. The second kappa shape index (κ2) is 4.18. The smallest absolute Gasteiger partial charge is 0.407 e. The molecule has 16 heavy (non-hydrogen) atoms. The Hall–Kier alpha value is -1.48. The molecule has 0 radical (unpaired) electrons. The number of fused-ring (bicyclic) bond motifs is 1. The lowest BCUT2D eigenvalue weighted by atomic mass is 9.92. The molecule has 0 heterocycles. The number of benzene rings is 1. The van der Waals surface area contributed by atoms with Gasteiger partial charge in [0.1, 0.15) is 0 Å². The Morgan fingerprint density at radius 2 is 2.31 bits per heavy atom. The maximum Gasteiger partial charge on any atom is 0.407 e. The third-order valence-corrected chi connectivity index (χ3v) is 3.07. The summed E-state index contributed by atoms with van der Waals surface area (Å²) in [5, 5.41) is 9.63. The molecule has 1 unspecified atom stereocenters. The third kappa shape index (κ3) is 1.91. The molecule has 1 aromatic carbocycles. The summed E-state index contributed by atoms with van der Waals surface area (Å²) in [5.41, 5.74) is 2.01. The number of rotatable bonds is 1. The van der Waals surface area contributed by atoms with Crippen LogP contribution in [0.2, 0.25) is 5.02 Å². The predicted molar refractivity (Wildman–Crippen MR) is 63.6 cm³/mol. The lowest BCUT2D eigenvalue weighted by molar-refractivity contribution is 0.138. The molecule has 2 rings (SSSR count). The first-order chi connectivity index (χ1) is 7.59. The van der Waals surface area contributed by atoms with E-state index < -0.39 is 6.09 Å². The average Bonchev–Trinajstić information content (AvgIpc) is 2.27. The van der Waals surface area contributed by atoms with Crippen molar-refractivity contribution in [2.24, 2.45) is 0 Å². The quantitative estimate of drug-likeness (QED) is 0.813. The van der Waals surface area contributed by atoms with E-state index in [1.54, 1.807) is 7.05 Å². The van der Waals surface area contributed by atoms with Gasteiger partial charge in [0.15, 0.2) is 0 Å². The van der Waals surface area contributed by atoms with Gasteiger partial charge in [0.05, 0.1) is 6.04 Å². The molecule has 3 nitrogen and oxygen atoms in total. The van der Waals surface area contributed by atoms with Gasteiger partial charge in [0.2, 0.25) is 0 Å². The molecule has 1 amide bonds. The maximum atomic E-state index is 11.0. The Labute approximate surface area is 98.9 Å². The second-order valence-corrected chi connectivity index (χ2v) is 4.26. The van der Waals surface area contributed by atoms with Gasteiger partial charge in [-0.3, -0.25) is 0 Å². The molecule has 4 heteroatoms. The van der Waals surface area contributed by atoms with Crippen LogP contribution in [0.5, 0.6) is 0 Å². The predicted octanol–water partition coefficient (Wildman–Crippen LogP) is 3.41. The van der Waals surface area contributed by atoms with Gasteiger partial charge in [-0.1, -0.05) is 29.8 Å². The Morgan fingerprint density at radius 1 is 1.56 bits per heavy atom. The van der Waals surface area contributed by atoms with E-state index in [1.807, 2.05) is 30.4 Å². The van der Waals surface area contributed by atoms with Gasteiger partial charge >= 0.3 is 6.09 Å². The number of nitrogens with zero attached hydrogens (tertiary/aromatic N) is 1. The normalized spacial score (nSPS) is 18.0. The molecule has 84 valence electrons. The number of hydrogen-bond acceptors (Lipinski definition) is 1. The molecule has 0 spiro atoms. The zero-order valence-electron chi connectivity index (χ0n) is 8.85. The van der Waals surface area contributed by atoms with Crippen LogP contribution in [-0.2, 0) is 0 Å². The minimum atomic E-state index is -0.925. The third-order valence-electron chi connectivity index (χ3n) is 2.83. The minimum absolute atomic E-state index is 0.142. The Morgan fingerprint density at radius 3 is 3.00 bits per heavy atom. The summed E-state index contributed by atoms with van der Waals surface area (Å²) in [4.78, 5) is 12.3. The van der Waals surface area contributed by atoms with Gasteiger partial charge in [0, 0.05) is 12.1 Å². The van der Waals surface area contributed by atoms with Gasteiger partial charge in [-0.25, -0.2) is 4.79 Å². The van der Waals surface area contributed by atoms with Crippen LogP contribution in [0.25, 0.3) is 6.08 Å². The Bertz CT molecular complexity index is 456. The fraction of sp³-hybridized carbons (Fsp3) is 0.250. The van der Waals surface area contributed by atoms with Crippen molar-refractivity contribution in [3.8, 4) is 0 Å². The average molecular weight is 238 g/mol. The highest BCUT2D eigenvalue weighted by atomic mass is 35.5. The second-order valence-electron chi connectivity index (χ2n) is 3.82. The maximum absolute atomic E-state index is 11.0. The van der Waals surface area contributed by atoms with Gasteiger partial charge in [-0.05, 0) is 29.7 Å². The standard InChI is InChI=1S/C12H12ClNO2/c1-14(12(15)16)11-4-2-3-8-5-6-9(13)7-10(8)11/h2-3,5-7,11H,4H2,1H3,(H,15,16). The van der Waals surface area contributed by atoms with Crippen molar-refractivity contribution in [1.29, 1.82) is 0 Å². The molecular weight excluding hydrogens is 226 g/mol. The fourth-order valence-electron chi connectivity index (χ4n) is 1.94. The highest BCUT2D eigenvalue weighted by Gasteiger charge is 2.24. The van der Waals surface area contributed by atoms with Crippen molar-refractivity contribution < 1.29 is 9.90 Å². The monoisotopic (exact) mass is 237 g/mol. The molecule has 0 saturated carbocycles. The molecule has 1 atom stereocenters. The van der Waals surface area contributed by atoms with Gasteiger partial charge in [0.25, 0.3) is 0 Å². The van der Waals surface area contributed by atoms with E-state index in [0.717, 1.165) is 11.1 Å². The summed E-state index contributed by atoms with van der Waals surface area (Å²) in [6.45, 7) is 0. The number of carbonyl (C=O) groups is 1. The molecule has 0 aliphatic heterocycles. The molecule has 0 aromatic heterocycles. The van der Waals surface area contributed by atoms with Crippen molar-refractivity contribution in [2.45, 2.75) is 12.5 Å². The van der Waals surface area contributed by atoms with Crippen LogP contribution in [0, 0.1) is 0 Å². The fourth-order valence-corrected chi connectivity index (χ4v) is 2.12. The number of carboxylic acid groups (broad SMARTS) is 1. The minimum Gasteiger partial charge on any atom is -0.465 e. The molecule has 1 aromatic rings. The SMILES string of the molecule is CN(C(=O)O)C1CC=Cc2ccc(Cl)cc21. The van der Waals surface area contributed by atoms with Crippen molar-refractivity contribution in [1.82, 2.24) is 4.90 Å². The van der Waals surface area contributed by atoms with Crippen LogP contribution in [0.15, 0.2) is 24.3 Å². The van der Waals surface area contributed by atoms with E-state index in [2.05, 4.69) is 0 Å². The summed E-state index contributed by atoms with van der Waals surface area (Å²) in [6.07, 6.45) is 3.75. The summed E-state index contributed by atoms with van der Waals surface area (Å²) in [6, 6.07) is 5.42. The number of hydrogen-bond donors (Lipinski definition) is 1. The first kappa shape index (κ1) is 11.0. The summed E-state index contributed by atoms with van der Waals surface area (Å²) in [5.74, 6) is 0. The van der Waals surface area contributed by atoms with E-state index in [4.69, 9.17) is 16.7 Å². The number of halogens is 1. The van der Waals surface area contributed by atoms with E-state index in [-0.39, 0.29) is 6.04 Å². The van der Waals surface area contributed by atoms with E-state index in [0.29, 0.717) is 11.4 Å². The largest absolute Gasteiger partial charge is 0.465 e. The first-order valence-corrected chi connectivity index (χ1v) is 5.39. The van der Waals surface area contributed by atoms with E-state index >= 15 is 0 Å². The van der Waals surface area contributed by atoms with Crippen LogP contribution in [0.4, 0.5) is 4.79 Å².